The summed E-state index contributed by atoms with van der Waals surface area (Å²) in [6.45, 7) is 0.266. The van der Waals surface area contributed by atoms with E-state index in [1.54, 1.807) is 0 Å². The molecule has 1 aliphatic heterocycles. The van der Waals surface area contributed by atoms with Gasteiger partial charge in [0.25, 0.3) is 0 Å². The molecule has 2 amide bonds. The number of rotatable bonds is 3. The Hall–Kier alpha value is -1.95. The van der Waals surface area contributed by atoms with E-state index in [4.69, 9.17) is 5.73 Å². The van der Waals surface area contributed by atoms with Crippen LogP contribution in [0.2, 0.25) is 0 Å². The van der Waals surface area contributed by atoms with Gasteiger partial charge in [0.1, 0.15) is 5.82 Å². The van der Waals surface area contributed by atoms with E-state index < -0.39 is 11.2 Å². The molecular weight excluding hydrogens is 273 g/mol. The number of carbonyl (C=O) groups excluding carboxylic acids is 2. The zero-order valence-electron chi connectivity index (χ0n) is 11.7. The summed E-state index contributed by atoms with van der Waals surface area (Å²) in [5.41, 5.74) is 6.53. The lowest BCUT2D eigenvalue weighted by molar-refractivity contribution is -0.129. The quantitative estimate of drug-likeness (QED) is 0.793. The third kappa shape index (κ3) is 2.40. The first kappa shape index (κ1) is 14.0. The van der Waals surface area contributed by atoms with E-state index in [0.29, 0.717) is 18.5 Å². The molecule has 2 aliphatic rings. The summed E-state index contributed by atoms with van der Waals surface area (Å²) in [7, 11) is 0. The van der Waals surface area contributed by atoms with Crippen LogP contribution in [0.5, 0.6) is 0 Å². The summed E-state index contributed by atoms with van der Waals surface area (Å²) in [6.07, 6.45) is 3.30. The van der Waals surface area contributed by atoms with Gasteiger partial charge in [-0.15, -0.1) is 0 Å². The second kappa shape index (κ2) is 5.11. The normalized spacial score (nSPS) is 19.2. The topological polar surface area (TPSA) is 84.2 Å². The van der Waals surface area contributed by atoms with Gasteiger partial charge in [0, 0.05) is 18.7 Å². The zero-order valence-corrected chi connectivity index (χ0v) is 11.7. The number of halogens is 1. The fourth-order valence-corrected chi connectivity index (χ4v) is 2.88. The van der Waals surface area contributed by atoms with E-state index in [-0.39, 0.29) is 24.0 Å². The molecule has 112 valence electrons. The van der Waals surface area contributed by atoms with Crippen molar-refractivity contribution >= 4 is 23.2 Å². The molecule has 0 atom stereocenters. The first-order valence-corrected chi connectivity index (χ1v) is 7.18. The maximum Gasteiger partial charge on any atom is 0.231 e. The SMILES string of the molecule is NCC1(C(=O)Nc2cc3c(cc2F)CCC(=O)N3)CCC1. The molecule has 1 saturated carbocycles. The number of anilines is 2. The first-order valence-electron chi connectivity index (χ1n) is 7.18. The van der Waals surface area contributed by atoms with Gasteiger partial charge in [-0.2, -0.15) is 0 Å². The van der Waals surface area contributed by atoms with Crippen LogP contribution in [-0.4, -0.2) is 18.4 Å². The minimum Gasteiger partial charge on any atom is -0.329 e. The number of amides is 2. The van der Waals surface area contributed by atoms with Gasteiger partial charge in [-0.05, 0) is 37.0 Å². The van der Waals surface area contributed by atoms with E-state index in [0.717, 1.165) is 24.8 Å². The highest BCUT2D eigenvalue weighted by molar-refractivity contribution is 5.98. The number of aryl methyl sites for hydroxylation is 1. The lowest BCUT2D eigenvalue weighted by Gasteiger charge is -2.39. The van der Waals surface area contributed by atoms with E-state index in [9.17, 15) is 14.0 Å². The van der Waals surface area contributed by atoms with Crippen LogP contribution in [0.15, 0.2) is 12.1 Å². The Balaban J connectivity index is 1.84. The third-order valence-electron chi connectivity index (χ3n) is 4.52. The summed E-state index contributed by atoms with van der Waals surface area (Å²) in [5.74, 6) is -0.814. The van der Waals surface area contributed by atoms with Gasteiger partial charge >= 0.3 is 0 Å². The second-order valence-electron chi connectivity index (χ2n) is 5.83. The van der Waals surface area contributed by atoms with Gasteiger partial charge in [0.15, 0.2) is 0 Å². The molecule has 4 N–H and O–H groups in total. The summed E-state index contributed by atoms with van der Waals surface area (Å²) in [5, 5.41) is 5.32. The van der Waals surface area contributed by atoms with Crippen molar-refractivity contribution in [2.45, 2.75) is 32.1 Å². The number of carbonyl (C=O) groups is 2. The van der Waals surface area contributed by atoms with Crippen molar-refractivity contribution < 1.29 is 14.0 Å². The van der Waals surface area contributed by atoms with Gasteiger partial charge in [-0.25, -0.2) is 4.39 Å². The van der Waals surface area contributed by atoms with Gasteiger partial charge in [0.2, 0.25) is 11.8 Å². The molecule has 0 radical (unpaired) electrons. The van der Waals surface area contributed by atoms with Crippen molar-refractivity contribution in [3.63, 3.8) is 0 Å². The summed E-state index contributed by atoms with van der Waals surface area (Å²) >= 11 is 0. The van der Waals surface area contributed by atoms with E-state index in [1.807, 2.05) is 0 Å². The zero-order chi connectivity index (χ0) is 15.0. The molecular formula is C15H18FN3O2. The number of benzene rings is 1. The highest BCUT2D eigenvalue weighted by Crippen LogP contribution is 2.41. The molecule has 0 aromatic heterocycles. The van der Waals surface area contributed by atoms with Gasteiger partial charge in [-0.1, -0.05) is 6.42 Å². The Morgan fingerprint density at radius 2 is 2.14 bits per heavy atom. The minimum atomic E-state index is -0.564. The molecule has 1 heterocycles. The van der Waals surface area contributed by atoms with Gasteiger partial charge in [-0.3, -0.25) is 9.59 Å². The Bertz CT molecular complexity index is 606. The fraction of sp³-hybridized carbons (Fsp3) is 0.467. The van der Waals surface area contributed by atoms with Crippen molar-refractivity contribution in [1.82, 2.24) is 0 Å². The summed E-state index contributed by atoms with van der Waals surface area (Å²) in [6, 6.07) is 2.86. The van der Waals surface area contributed by atoms with Crippen LogP contribution < -0.4 is 16.4 Å². The summed E-state index contributed by atoms with van der Waals surface area (Å²) < 4.78 is 14.1. The Morgan fingerprint density at radius 1 is 1.38 bits per heavy atom. The lowest BCUT2D eigenvalue weighted by atomic mass is 9.68. The van der Waals surface area contributed by atoms with Crippen molar-refractivity contribution in [3.8, 4) is 0 Å². The van der Waals surface area contributed by atoms with Crippen LogP contribution in [0.4, 0.5) is 15.8 Å². The molecule has 1 fully saturated rings. The highest BCUT2D eigenvalue weighted by atomic mass is 19.1. The fourth-order valence-electron chi connectivity index (χ4n) is 2.88. The summed E-state index contributed by atoms with van der Waals surface area (Å²) in [4.78, 5) is 23.7. The largest absolute Gasteiger partial charge is 0.329 e. The number of hydrogen-bond acceptors (Lipinski definition) is 3. The molecule has 1 aromatic carbocycles. The van der Waals surface area contributed by atoms with E-state index in [1.165, 1.54) is 12.1 Å². The number of nitrogens with one attached hydrogen (secondary N) is 2. The third-order valence-corrected chi connectivity index (χ3v) is 4.52. The molecule has 0 bridgehead atoms. The molecule has 0 spiro atoms. The number of hydrogen-bond donors (Lipinski definition) is 3. The van der Waals surface area contributed by atoms with Crippen LogP contribution in [0.25, 0.3) is 0 Å². The Labute approximate surface area is 122 Å². The second-order valence-corrected chi connectivity index (χ2v) is 5.83. The highest BCUT2D eigenvalue weighted by Gasteiger charge is 2.43. The smallest absolute Gasteiger partial charge is 0.231 e. The molecule has 6 heteroatoms. The van der Waals surface area contributed by atoms with Crippen molar-refractivity contribution in [2.24, 2.45) is 11.1 Å². The monoisotopic (exact) mass is 291 g/mol. The van der Waals surface area contributed by atoms with Crippen molar-refractivity contribution in [3.05, 3.63) is 23.5 Å². The van der Waals surface area contributed by atoms with E-state index in [2.05, 4.69) is 10.6 Å². The van der Waals surface area contributed by atoms with Crippen molar-refractivity contribution in [1.29, 1.82) is 0 Å². The average molecular weight is 291 g/mol. The Kier molecular flexibility index (Phi) is 3.41. The van der Waals surface area contributed by atoms with Crippen LogP contribution in [0.1, 0.15) is 31.2 Å². The van der Waals surface area contributed by atoms with Gasteiger partial charge < -0.3 is 16.4 Å². The van der Waals surface area contributed by atoms with Crippen LogP contribution in [0.3, 0.4) is 0 Å². The molecule has 5 nitrogen and oxygen atoms in total. The number of fused-ring (bicyclic) bond motifs is 1. The van der Waals surface area contributed by atoms with Crippen molar-refractivity contribution in [2.75, 3.05) is 17.2 Å². The van der Waals surface area contributed by atoms with Crippen LogP contribution >= 0.6 is 0 Å². The standard InChI is InChI=1S/C15H18FN3O2/c16-10-6-9-2-3-13(20)18-11(9)7-12(10)19-14(21)15(8-17)4-1-5-15/h6-7H,1-5,8,17H2,(H,18,20)(H,19,21). The maximum atomic E-state index is 14.1. The lowest BCUT2D eigenvalue weighted by Crippen LogP contribution is -2.47. The molecule has 21 heavy (non-hydrogen) atoms. The average Bonchev–Trinajstić information content (AvgIpc) is 2.39. The number of nitrogens with two attached hydrogens (primary N) is 1. The molecule has 0 saturated heterocycles. The maximum absolute atomic E-state index is 14.1. The molecule has 0 unspecified atom stereocenters. The molecule has 1 aliphatic carbocycles. The first-order chi connectivity index (χ1) is 10.0. The van der Waals surface area contributed by atoms with Crippen LogP contribution in [0, 0.1) is 11.2 Å². The molecule has 3 rings (SSSR count). The predicted octanol–water partition coefficient (Wildman–Crippen LogP) is 1.78. The Morgan fingerprint density at radius 3 is 2.76 bits per heavy atom. The molecule has 1 aromatic rings. The van der Waals surface area contributed by atoms with E-state index >= 15 is 0 Å². The van der Waals surface area contributed by atoms with Gasteiger partial charge in [0.05, 0.1) is 11.1 Å². The predicted molar refractivity (Wildman–Crippen MR) is 77.3 cm³/mol. The minimum absolute atomic E-state index is 0.0937. The van der Waals surface area contributed by atoms with Crippen LogP contribution in [-0.2, 0) is 16.0 Å².